The molecule has 1 saturated carbocycles. The molecule has 1 unspecified atom stereocenters. The highest BCUT2D eigenvalue weighted by Crippen LogP contribution is 2.51. The topological polar surface area (TPSA) is 66.4 Å². The molecule has 1 aliphatic rings. The maximum absolute atomic E-state index is 11.7. The molecule has 1 amide bonds. The van der Waals surface area contributed by atoms with E-state index < -0.39 is 11.5 Å². The molecule has 4 nitrogen and oxygen atoms in total. The quantitative estimate of drug-likeness (QED) is 0.741. The van der Waals surface area contributed by atoms with Crippen LogP contribution in [-0.4, -0.2) is 22.5 Å². The number of carbonyl (C=O) groups excluding carboxylic acids is 1. The van der Waals surface area contributed by atoms with E-state index in [0.717, 1.165) is 6.42 Å². The first kappa shape index (κ1) is 12.0. The number of rotatable bonds is 4. The lowest BCUT2D eigenvalue weighted by Crippen LogP contribution is -2.46. The molecule has 1 aliphatic carbocycles. The van der Waals surface area contributed by atoms with E-state index >= 15 is 0 Å². The van der Waals surface area contributed by atoms with Gasteiger partial charge in [-0.1, -0.05) is 13.8 Å². The number of aliphatic carboxylic acids is 1. The van der Waals surface area contributed by atoms with Gasteiger partial charge in [0, 0.05) is 11.5 Å². The third-order valence-corrected chi connectivity index (χ3v) is 2.88. The molecule has 0 aromatic heterocycles. The number of carboxylic acids is 1. The fourth-order valence-electron chi connectivity index (χ4n) is 1.76. The zero-order valence-corrected chi connectivity index (χ0v) is 9.76. The summed E-state index contributed by atoms with van der Waals surface area (Å²) in [4.78, 5) is 22.3. The van der Waals surface area contributed by atoms with Crippen LogP contribution in [0.1, 0.15) is 40.5 Å². The molecule has 15 heavy (non-hydrogen) atoms. The van der Waals surface area contributed by atoms with Crippen molar-refractivity contribution < 1.29 is 14.7 Å². The Balaban J connectivity index is 2.48. The van der Waals surface area contributed by atoms with Gasteiger partial charge in [0.15, 0.2) is 0 Å². The van der Waals surface area contributed by atoms with Gasteiger partial charge in [0.1, 0.15) is 0 Å². The minimum absolute atomic E-state index is 0.0220. The molecule has 1 fully saturated rings. The third kappa shape index (κ3) is 3.22. The van der Waals surface area contributed by atoms with Gasteiger partial charge in [-0.05, 0) is 25.7 Å². The predicted octanol–water partition coefficient (Wildman–Crippen LogP) is 1.40. The van der Waals surface area contributed by atoms with Crippen molar-refractivity contribution in [2.45, 2.75) is 46.1 Å². The van der Waals surface area contributed by atoms with Gasteiger partial charge in [-0.15, -0.1) is 0 Å². The lowest BCUT2D eigenvalue weighted by molar-refractivity contribution is -0.138. The summed E-state index contributed by atoms with van der Waals surface area (Å²) in [6.07, 6.45) is 0.841. The van der Waals surface area contributed by atoms with Crippen LogP contribution >= 0.6 is 0 Å². The van der Waals surface area contributed by atoms with Crippen LogP contribution in [0.4, 0.5) is 0 Å². The Labute approximate surface area is 90.0 Å². The molecule has 0 aromatic carbocycles. The first-order valence-electron chi connectivity index (χ1n) is 5.18. The fourth-order valence-corrected chi connectivity index (χ4v) is 1.76. The van der Waals surface area contributed by atoms with Crippen LogP contribution in [0.3, 0.4) is 0 Å². The van der Waals surface area contributed by atoms with E-state index in [0.29, 0.717) is 0 Å². The van der Waals surface area contributed by atoms with Crippen LogP contribution in [0.2, 0.25) is 0 Å². The number of amides is 1. The normalized spacial score (nSPS) is 23.3. The summed E-state index contributed by atoms with van der Waals surface area (Å²) in [5.41, 5.74) is -0.578. The fraction of sp³-hybridized carbons (Fsp3) is 0.818. The zero-order valence-electron chi connectivity index (χ0n) is 9.76. The molecule has 4 heteroatoms. The third-order valence-electron chi connectivity index (χ3n) is 2.88. The predicted molar refractivity (Wildman–Crippen MR) is 56.4 cm³/mol. The zero-order chi connectivity index (χ0) is 11.9. The highest BCUT2D eigenvalue weighted by Gasteiger charge is 2.51. The largest absolute Gasteiger partial charge is 0.481 e. The van der Waals surface area contributed by atoms with Crippen molar-refractivity contribution in [3.8, 4) is 0 Å². The summed E-state index contributed by atoms with van der Waals surface area (Å²) in [6.45, 7) is 7.55. The van der Waals surface area contributed by atoms with E-state index in [4.69, 9.17) is 5.11 Å². The van der Waals surface area contributed by atoms with Crippen molar-refractivity contribution in [1.82, 2.24) is 5.32 Å². The Morgan fingerprint density at radius 1 is 1.47 bits per heavy atom. The van der Waals surface area contributed by atoms with Gasteiger partial charge in [-0.2, -0.15) is 0 Å². The van der Waals surface area contributed by atoms with Crippen LogP contribution < -0.4 is 5.32 Å². The number of hydrogen-bond donors (Lipinski definition) is 2. The Bertz CT molecular complexity index is 294. The second-order valence-electron chi connectivity index (χ2n) is 5.69. The lowest BCUT2D eigenvalue weighted by Gasteiger charge is -2.24. The van der Waals surface area contributed by atoms with Gasteiger partial charge in [0.25, 0.3) is 0 Å². The summed E-state index contributed by atoms with van der Waals surface area (Å²) < 4.78 is 0. The summed E-state index contributed by atoms with van der Waals surface area (Å²) in [6, 6.07) is 0. The number of carbonyl (C=O) groups is 2. The summed E-state index contributed by atoms with van der Waals surface area (Å²) in [7, 11) is 0. The van der Waals surface area contributed by atoms with Gasteiger partial charge in [0.05, 0.1) is 6.42 Å². The molecule has 0 bridgehead atoms. The summed E-state index contributed by atoms with van der Waals surface area (Å²) >= 11 is 0. The standard InChI is InChI=1S/C11H19NO3/c1-10(2)5-7(10)9(15)12-11(3,4)6-8(13)14/h7H,5-6H2,1-4H3,(H,12,15)(H,13,14). The SMILES string of the molecule is CC(C)(CC(=O)O)NC(=O)C1CC1(C)C. The van der Waals surface area contributed by atoms with Crippen molar-refractivity contribution in [1.29, 1.82) is 0 Å². The van der Waals surface area contributed by atoms with Crippen molar-refractivity contribution in [2.24, 2.45) is 11.3 Å². The van der Waals surface area contributed by atoms with Crippen LogP contribution in [-0.2, 0) is 9.59 Å². The molecule has 86 valence electrons. The minimum atomic E-state index is -0.893. The number of hydrogen-bond acceptors (Lipinski definition) is 2. The van der Waals surface area contributed by atoms with E-state index in [-0.39, 0.29) is 23.7 Å². The molecule has 1 rings (SSSR count). The Morgan fingerprint density at radius 2 is 1.93 bits per heavy atom. The number of carboxylic acid groups (broad SMARTS) is 1. The van der Waals surface area contributed by atoms with Gasteiger partial charge >= 0.3 is 5.97 Å². The van der Waals surface area contributed by atoms with Gasteiger partial charge < -0.3 is 10.4 Å². The first-order valence-corrected chi connectivity index (χ1v) is 5.18. The number of nitrogens with one attached hydrogen (secondary N) is 1. The monoisotopic (exact) mass is 213 g/mol. The Kier molecular flexibility index (Phi) is 2.81. The molecule has 0 spiro atoms. The first-order chi connectivity index (χ1) is 6.64. The maximum atomic E-state index is 11.7. The molecular formula is C11H19NO3. The van der Waals surface area contributed by atoms with Gasteiger partial charge in [0.2, 0.25) is 5.91 Å². The molecule has 1 atom stereocenters. The highest BCUT2D eigenvalue weighted by atomic mass is 16.4. The van der Waals surface area contributed by atoms with E-state index in [1.807, 2.05) is 13.8 Å². The molecule has 0 radical (unpaired) electrons. The van der Waals surface area contributed by atoms with Crippen LogP contribution in [0.25, 0.3) is 0 Å². The molecule has 2 N–H and O–H groups in total. The average Bonchev–Trinajstić information content (AvgIpc) is 2.55. The summed E-state index contributed by atoms with van der Waals surface area (Å²) in [5, 5.41) is 11.5. The van der Waals surface area contributed by atoms with Crippen LogP contribution in [0.5, 0.6) is 0 Å². The molecule has 0 aliphatic heterocycles. The van der Waals surface area contributed by atoms with Crippen LogP contribution in [0.15, 0.2) is 0 Å². The minimum Gasteiger partial charge on any atom is -0.481 e. The van der Waals surface area contributed by atoms with Crippen LogP contribution in [0, 0.1) is 11.3 Å². The van der Waals surface area contributed by atoms with Gasteiger partial charge in [-0.25, -0.2) is 0 Å². The van der Waals surface area contributed by atoms with E-state index in [1.165, 1.54) is 0 Å². The molecule has 0 saturated heterocycles. The van der Waals surface area contributed by atoms with E-state index in [9.17, 15) is 9.59 Å². The average molecular weight is 213 g/mol. The second kappa shape index (κ2) is 3.51. The second-order valence-corrected chi connectivity index (χ2v) is 5.69. The van der Waals surface area contributed by atoms with E-state index in [1.54, 1.807) is 13.8 Å². The molecule has 0 aromatic rings. The van der Waals surface area contributed by atoms with Gasteiger partial charge in [-0.3, -0.25) is 9.59 Å². The maximum Gasteiger partial charge on any atom is 0.305 e. The highest BCUT2D eigenvalue weighted by molar-refractivity contribution is 5.83. The van der Waals surface area contributed by atoms with Crippen molar-refractivity contribution in [3.05, 3.63) is 0 Å². The lowest BCUT2D eigenvalue weighted by atomic mass is 10.00. The Hall–Kier alpha value is -1.06. The van der Waals surface area contributed by atoms with Crippen molar-refractivity contribution >= 4 is 11.9 Å². The smallest absolute Gasteiger partial charge is 0.305 e. The van der Waals surface area contributed by atoms with E-state index in [2.05, 4.69) is 5.32 Å². The van der Waals surface area contributed by atoms with Crippen molar-refractivity contribution in [2.75, 3.05) is 0 Å². The summed E-state index contributed by atoms with van der Waals surface area (Å²) in [5.74, 6) is -0.868. The Morgan fingerprint density at radius 3 is 2.27 bits per heavy atom. The molecular weight excluding hydrogens is 194 g/mol. The molecule has 0 heterocycles. The van der Waals surface area contributed by atoms with Crippen molar-refractivity contribution in [3.63, 3.8) is 0 Å².